The zero-order chi connectivity index (χ0) is 25.1. The molecule has 6 nitrogen and oxygen atoms in total. The van der Waals surface area contributed by atoms with Crippen LogP contribution in [0.3, 0.4) is 0 Å². The summed E-state index contributed by atoms with van der Waals surface area (Å²) in [5.41, 5.74) is 0.264. The summed E-state index contributed by atoms with van der Waals surface area (Å²) < 4.78 is 34.0. The first kappa shape index (κ1) is 25.6. The average molecular weight is 517 g/mol. The zero-order valence-electron chi connectivity index (χ0n) is 18.7. The number of rotatable bonds is 6. The Kier molecular flexibility index (Phi) is 7.57. The van der Waals surface area contributed by atoms with E-state index < -0.39 is 21.6 Å². The van der Waals surface area contributed by atoms with E-state index in [9.17, 15) is 18.5 Å². The Balaban J connectivity index is 2.15. The second-order valence-electron chi connectivity index (χ2n) is 8.40. The fourth-order valence-corrected chi connectivity index (χ4v) is 5.11. The molecule has 0 bridgehead atoms. The monoisotopic (exact) mass is 516 g/mol. The first-order valence-electron chi connectivity index (χ1n) is 10.2. The summed E-state index contributed by atoms with van der Waals surface area (Å²) in [6.07, 6.45) is 0. The highest BCUT2D eigenvalue weighted by atomic mass is 35.5. The van der Waals surface area contributed by atoms with Gasteiger partial charge in [-0.1, -0.05) is 41.4 Å². The molecule has 0 fully saturated rings. The van der Waals surface area contributed by atoms with Crippen molar-refractivity contribution < 1.29 is 17.9 Å². The molecular formula is C25H22Cl2N2O4S. The highest BCUT2D eigenvalue weighted by Crippen LogP contribution is 2.32. The lowest BCUT2D eigenvalue weighted by Crippen LogP contribution is -2.31. The van der Waals surface area contributed by atoms with Gasteiger partial charge in [0.15, 0.2) is 0 Å². The highest BCUT2D eigenvalue weighted by Gasteiger charge is 2.28. The molecule has 0 aliphatic heterocycles. The molecular weight excluding hydrogens is 495 g/mol. The van der Waals surface area contributed by atoms with Gasteiger partial charge in [-0.15, -0.1) is 0 Å². The van der Waals surface area contributed by atoms with Crippen LogP contribution in [0.2, 0.25) is 10.0 Å². The minimum atomic E-state index is -4.18. The number of carbonyl (C=O) groups excluding carboxylic acids is 1. The summed E-state index contributed by atoms with van der Waals surface area (Å²) in [7, 11) is -4.18. The van der Waals surface area contributed by atoms with Gasteiger partial charge >= 0.3 is 5.97 Å². The van der Waals surface area contributed by atoms with E-state index >= 15 is 0 Å². The van der Waals surface area contributed by atoms with Crippen molar-refractivity contribution in [2.75, 3.05) is 4.31 Å². The van der Waals surface area contributed by atoms with Crippen LogP contribution in [0.5, 0.6) is 0 Å². The van der Waals surface area contributed by atoms with Gasteiger partial charge in [0.25, 0.3) is 10.0 Å². The third kappa shape index (κ3) is 5.89. The van der Waals surface area contributed by atoms with Gasteiger partial charge in [0.2, 0.25) is 0 Å². The maximum atomic E-state index is 13.8. The summed E-state index contributed by atoms with van der Waals surface area (Å²) in [4.78, 5) is 12.6. The molecule has 0 N–H and O–H groups in total. The zero-order valence-corrected chi connectivity index (χ0v) is 21.1. The number of nitrogens with zero attached hydrogens (tertiary/aromatic N) is 2. The van der Waals surface area contributed by atoms with Crippen molar-refractivity contribution in [3.63, 3.8) is 0 Å². The molecule has 0 saturated heterocycles. The Morgan fingerprint density at radius 3 is 2.24 bits per heavy atom. The number of anilines is 1. The molecule has 3 rings (SSSR count). The molecule has 0 atom stereocenters. The van der Waals surface area contributed by atoms with Crippen LogP contribution >= 0.6 is 23.2 Å². The van der Waals surface area contributed by atoms with Gasteiger partial charge < -0.3 is 4.74 Å². The summed E-state index contributed by atoms with van der Waals surface area (Å²) in [5, 5.41) is 9.82. The Morgan fingerprint density at radius 1 is 1.00 bits per heavy atom. The van der Waals surface area contributed by atoms with E-state index in [-0.39, 0.29) is 28.3 Å². The van der Waals surface area contributed by atoms with Crippen LogP contribution < -0.4 is 4.31 Å². The number of nitriles is 1. The number of ether oxygens (including phenoxy) is 1. The minimum Gasteiger partial charge on any atom is -0.456 e. The number of esters is 1. The van der Waals surface area contributed by atoms with E-state index in [0.717, 1.165) is 4.31 Å². The van der Waals surface area contributed by atoms with Crippen molar-refractivity contribution in [2.45, 2.75) is 37.8 Å². The van der Waals surface area contributed by atoms with Crippen LogP contribution in [0.15, 0.2) is 71.6 Å². The van der Waals surface area contributed by atoms with Crippen LogP contribution in [0.1, 0.15) is 42.3 Å². The Bertz CT molecular complexity index is 1360. The number of hydrogen-bond acceptors (Lipinski definition) is 5. The quantitative estimate of drug-likeness (QED) is 0.363. The first-order chi connectivity index (χ1) is 15.9. The predicted octanol–water partition coefficient (Wildman–Crippen LogP) is 6.22. The second kappa shape index (κ2) is 10.1. The van der Waals surface area contributed by atoms with E-state index in [2.05, 4.69) is 0 Å². The van der Waals surface area contributed by atoms with Gasteiger partial charge in [-0.05, 0) is 69.3 Å². The van der Waals surface area contributed by atoms with Crippen molar-refractivity contribution in [3.8, 4) is 6.07 Å². The van der Waals surface area contributed by atoms with Gasteiger partial charge in [0, 0.05) is 15.6 Å². The van der Waals surface area contributed by atoms with Gasteiger partial charge in [-0.25, -0.2) is 13.2 Å². The molecule has 0 aliphatic rings. The number of carbonyl (C=O) groups is 1. The van der Waals surface area contributed by atoms with Gasteiger partial charge in [-0.2, -0.15) is 5.26 Å². The molecule has 0 amide bonds. The van der Waals surface area contributed by atoms with E-state index in [1.165, 1.54) is 30.3 Å². The van der Waals surface area contributed by atoms with E-state index in [4.69, 9.17) is 27.9 Å². The number of sulfonamides is 1. The summed E-state index contributed by atoms with van der Waals surface area (Å²) in [6, 6.07) is 18.6. The first-order valence-corrected chi connectivity index (χ1v) is 12.4. The van der Waals surface area contributed by atoms with Gasteiger partial charge in [-0.3, -0.25) is 4.31 Å². The Labute approximate surface area is 209 Å². The summed E-state index contributed by atoms with van der Waals surface area (Å²) in [5.74, 6) is -0.589. The van der Waals surface area contributed by atoms with Crippen molar-refractivity contribution in [2.24, 2.45) is 0 Å². The molecule has 0 radical (unpaired) electrons. The molecule has 0 heterocycles. The number of benzene rings is 3. The maximum absolute atomic E-state index is 13.8. The molecule has 0 unspecified atom stereocenters. The molecule has 0 spiro atoms. The SMILES string of the molecule is CC(C)(C)OC(=O)c1cccc(N(Cc2c(Cl)cccc2Cl)S(=O)(=O)c2cccc(C#N)c2)c1. The van der Waals surface area contributed by atoms with Crippen LogP contribution in [-0.4, -0.2) is 20.0 Å². The lowest BCUT2D eigenvalue weighted by molar-refractivity contribution is 0.00695. The third-order valence-corrected chi connectivity index (χ3v) is 7.16. The fourth-order valence-electron chi connectivity index (χ4n) is 3.12. The van der Waals surface area contributed by atoms with Crippen molar-refractivity contribution in [1.29, 1.82) is 5.26 Å². The second-order valence-corrected chi connectivity index (χ2v) is 11.1. The maximum Gasteiger partial charge on any atom is 0.338 e. The topological polar surface area (TPSA) is 87.5 Å². The van der Waals surface area contributed by atoms with E-state index in [1.54, 1.807) is 57.2 Å². The van der Waals surface area contributed by atoms with Crippen LogP contribution in [-0.2, 0) is 21.3 Å². The third-order valence-electron chi connectivity index (χ3n) is 4.68. The molecule has 0 saturated carbocycles. The van der Waals surface area contributed by atoms with Crippen molar-refractivity contribution >= 4 is 44.9 Å². The van der Waals surface area contributed by atoms with E-state index in [0.29, 0.717) is 15.6 Å². The Hall–Kier alpha value is -3.05. The lowest BCUT2D eigenvalue weighted by atomic mass is 10.1. The van der Waals surface area contributed by atoms with Gasteiger partial charge in [0.1, 0.15) is 5.60 Å². The standard InChI is InChI=1S/C25H22Cl2N2O4S/c1-25(2,3)33-24(30)18-8-5-9-19(14-18)29(16-21-22(26)11-6-12-23(21)27)34(31,32)20-10-4-7-17(13-20)15-28/h4-14H,16H2,1-3H3. The fraction of sp³-hybridized carbons (Fsp3) is 0.200. The van der Waals surface area contributed by atoms with Crippen molar-refractivity contribution in [1.82, 2.24) is 0 Å². The van der Waals surface area contributed by atoms with Gasteiger partial charge in [0.05, 0.1) is 34.3 Å². The molecule has 0 aliphatic carbocycles. The van der Waals surface area contributed by atoms with Crippen LogP contribution in [0.25, 0.3) is 0 Å². The largest absolute Gasteiger partial charge is 0.456 e. The molecule has 0 aromatic heterocycles. The van der Waals surface area contributed by atoms with Crippen LogP contribution in [0.4, 0.5) is 5.69 Å². The van der Waals surface area contributed by atoms with Crippen molar-refractivity contribution in [3.05, 3.63) is 93.5 Å². The predicted molar refractivity (Wildman–Crippen MR) is 133 cm³/mol. The van der Waals surface area contributed by atoms with Crippen LogP contribution in [0, 0.1) is 11.3 Å². The normalized spacial score (nSPS) is 11.5. The smallest absolute Gasteiger partial charge is 0.338 e. The highest BCUT2D eigenvalue weighted by molar-refractivity contribution is 7.92. The Morgan fingerprint density at radius 2 is 1.62 bits per heavy atom. The number of halogens is 2. The average Bonchev–Trinajstić information content (AvgIpc) is 2.77. The summed E-state index contributed by atoms with van der Waals surface area (Å²) >= 11 is 12.7. The summed E-state index contributed by atoms with van der Waals surface area (Å²) in [6.45, 7) is 5.03. The van der Waals surface area contributed by atoms with E-state index in [1.807, 2.05) is 6.07 Å². The molecule has 9 heteroatoms. The molecule has 34 heavy (non-hydrogen) atoms. The minimum absolute atomic E-state index is 0.0857. The lowest BCUT2D eigenvalue weighted by Gasteiger charge is -2.26. The molecule has 176 valence electrons. The molecule has 3 aromatic carbocycles. The number of hydrogen-bond donors (Lipinski definition) is 0. The molecule has 3 aromatic rings.